The second-order valence-corrected chi connectivity index (χ2v) is 5.39. The Hall–Kier alpha value is -2.41. The van der Waals surface area contributed by atoms with Crippen molar-refractivity contribution in [3.05, 3.63) is 55.8 Å². The summed E-state index contributed by atoms with van der Waals surface area (Å²) in [5, 5.41) is 6.82. The maximum absolute atomic E-state index is 12.2. The lowest BCUT2D eigenvalue weighted by atomic mass is 10.1. The van der Waals surface area contributed by atoms with E-state index in [-0.39, 0.29) is 16.5 Å². The van der Waals surface area contributed by atoms with E-state index in [0.29, 0.717) is 12.2 Å². The number of benzene rings is 1. The number of unbranched alkanes of at least 4 members (excludes halogenated alkanes) is 2. The van der Waals surface area contributed by atoms with Crippen molar-refractivity contribution in [1.29, 1.82) is 0 Å². The zero-order valence-corrected chi connectivity index (χ0v) is 13.4. The molecule has 7 nitrogen and oxygen atoms in total. The summed E-state index contributed by atoms with van der Waals surface area (Å²) >= 11 is 6.06. The third-order valence-corrected chi connectivity index (χ3v) is 3.55. The molecule has 0 atom stereocenters. The molecule has 0 fully saturated rings. The topological polar surface area (TPSA) is 96.8 Å². The van der Waals surface area contributed by atoms with Gasteiger partial charge in [-0.05, 0) is 24.6 Å². The molecule has 1 aromatic heterocycles. The predicted molar refractivity (Wildman–Crippen MR) is 87.3 cm³/mol. The van der Waals surface area contributed by atoms with Gasteiger partial charge in [0.1, 0.15) is 6.20 Å². The summed E-state index contributed by atoms with van der Waals surface area (Å²) < 4.78 is 0.992. The van der Waals surface area contributed by atoms with Gasteiger partial charge >= 0.3 is 5.69 Å². The number of H-pyrrole nitrogens is 1. The van der Waals surface area contributed by atoms with Crippen LogP contribution in [0.1, 0.15) is 36.5 Å². The number of rotatable bonds is 6. The van der Waals surface area contributed by atoms with Crippen molar-refractivity contribution in [3.63, 3.8) is 0 Å². The Bertz CT molecular complexity index is 813. The minimum absolute atomic E-state index is 0.251. The van der Waals surface area contributed by atoms with Gasteiger partial charge in [0.05, 0.1) is 16.3 Å². The van der Waals surface area contributed by atoms with Crippen molar-refractivity contribution in [2.24, 2.45) is 0 Å². The number of aromatic nitrogens is 3. The zero-order valence-electron chi connectivity index (χ0n) is 12.6. The number of amides is 1. The van der Waals surface area contributed by atoms with Crippen LogP contribution in [0.15, 0.2) is 34.0 Å². The molecule has 0 aliphatic heterocycles. The number of hydrogen-bond donors (Lipinski definition) is 2. The summed E-state index contributed by atoms with van der Waals surface area (Å²) in [5.74, 6) is -0.314. The highest BCUT2D eigenvalue weighted by molar-refractivity contribution is 6.33. The van der Waals surface area contributed by atoms with E-state index in [9.17, 15) is 14.4 Å². The van der Waals surface area contributed by atoms with Crippen LogP contribution in [0.3, 0.4) is 0 Å². The molecule has 0 saturated heterocycles. The maximum atomic E-state index is 12.2. The second kappa shape index (κ2) is 7.73. The van der Waals surface area contributed by atoms with Crippen molar-refractivity contribution in [3.8, 4) is 5.69 Å². The van der Waals surface area contributed by atoms with Gasteiger partial charge in [0.25, 0.3) is 11.5 Å². The summed E-state index contributed by atoms with van der Waals surface area (Å²) in [6, 6.07) is 4.52. The fraction of sp³-hybridized carbons (Fsp3) is 0.333. The Labute approximate surface area is 137 Å². The lowest BCUT2D eigenvalue weighted by molar-refractivity contribution is 0.0953. The highest BCUT2D eigenvalue weighted by atomic mass is 35.5. The van der Waals surface area contributed by atoms with Crippen molar-refractivity contribution >= 4 is 17.5 Å². The van der Waals surface area contributed by atoms with Crippen LogP contribution in [0.5, 0.6) is 0 Å². The Morgan fingerprint density at radius 1 is 1.35 bits per heavy atom. The summed E-state index contributed by atoms with van der Waals surface area (Å²) in [5.41, 5.74) is -0.682. The molecule has 0 aliphatic rings. The lowest BCUT2D eigenvalue weighted by Crippen LogP contribution is -2.30. The quantitative estimate of drug-likeness (QED) is 0.781. The van der Waals surface area contributed by atoms with E-state index >= 15 is 0 Å². The van der Waals surface area contributed by atoms with E-state index in [4.69, 9.17) is 11.6 Å². The molecule has 0 spiro atoms. The SMILES string of the molecule is CCCCCNC(=O)c1cc(-n2ncc(=O)[nH]c2=O)ccc1Cl. The molecule has 0 unspecified atom stereocenters. The van der Waals surface area contributed by atoms with E-state index in [2.05, 4.69) is 22.3 Å². The van der Waals surface area contributed by atoms with E-state index in [0.717, 1.165) is 30.1 Å². The summed E-state index contributed by atoms with van der Waals surface area (Å²) in [6.45, 7) is 2.64. The third-order valence-electron chi connectivity index (χ3n) is 3.22. The van der Waals surface area contributed by atoms with Crippen LogP contribution in [0.25, 0.3) is 5.69 Å². The summed E-state index contributed by atoms with van der Waals surface area (Å²) in [7, 11) is 0. The molecule has 1 aromatic carbocycles. The molecule has 2 rings (SSSR count). The van der Waals surface area contributed by atoms with Gasteiger partial charge in [-0.2, -0.15) is 9.78 Å². The first-order valence-electron chi connectivity index (χ1n) is 7.29. The fourth-order valence-corrected chi connectivity index (χ4v) is 2.23. The summed E-state index contributed by atoms with van der Waals surface area (Å²) in [6.07, 6.45) is 3.97. The van der Waals surface area contributed by atoms with Crippen molar-refractivity contribution in [1.82, 2.24) is 20.1 Å². The number of aromatic amines is 1. The molecule has 23 heavy (non-hydrogen) atoms. The number of halogens is 1. The van der Waals surface area contributed by atoms with Crippen LogP contribution in [-0.4, -0.2) is 27.2 Å². The van der Waals surface area contributed by atoms with E-state index in [1.807, 2.05) is 0 Å². The number of carbonyl (C=O) groups is 1. The molecule has 122 valence electrons. The molecule has 8 heteroatoms. The number of hydrogen-bond acceptors (Lipinski definition) is 4. The van der Waals surface area contributed by atoms with Gasteiger partial charge in [0.2, 0.25) is 0 Å². The number of nitrogens with zero attached hydrogens (tertiary/aromatic N) is 2. The molecule has 2 N–H and O–H groups in total. The molecule has 0 bridgehead atoms. The Morgan fingerprint density at radius 2 is 2.13 bits per heavy atom. The maximum Gasteiger partial charge on any atom is 0.349 e. The van der Waals surface area contributed by atoms with Crippen molar-refractivity contribution < 1.29 is 4.79 Å². The Kier molecular flexibility index (Phi) is 5.70. The molecule has 1 amide bonds. The predicted octanol–water partition coefficient (Wildman–Crippen LogP) is 1.49. The van der Waals surface area contributed by atoms with E-state index in [1.54, 1.807) is 6.07 Å². The van der Waals surface area contributed by atoms with Crippen LogP contribution < -0.4 is 16.6 Å². The fourth-order valence-electron chi connectivity index (χ4n) is 2.03. The summed E-state index contributed by atoms with van der Waals surface area (Å²) in [4.78, 5) is 37.1. The monoisotopic (exact) mass is 336 g/mol. The lowest BCUT2D eigenvalue weighted by Gasteiger charge is -2.09. The molecule has 2 aromatic rings. The molecule has 0 radical (unpaired) electrons. The molecule has 1 heterocycles. The molecule has 0 saturated carbocycles. The minimum Gasteiger partial charge on any atom is -0.352 e. The van der Waals surface area contributed by atoms with Gasteiger partial charge < -0.3 is 5.32 Å². The average Bonchev–Trinajstić information content (AvgIpc) is 2.52. The van der Waals surface area contributed by atoms with Crippen molar-refractivity contribution in [2.45, 2.75) is 26.2 Å². The van der Waals surface area contributed by atoms with Crippen LogP contribution in [0.2, 0.25) is 5.02 Å². The van der Waals surface area contributed by atoms with Gasteiger partial charge in [-0.15, -0.1) is 0 Å². The van der Waals surface area contributed by atoms with E-state index in [1.165, 1.54) is 12.1 Å². The Balaban J connectivity index is 2.26. The van der Waals surface area contributed by atoms with E-state index < -0.39 is 11.2 Å². The molecular weight excluding hydrogens is 320 g/mol. The highest BCUT2D eigenvalue weighted by Gasteiger charge is 2.12. The van der Waals surface area contributed by atoms with Gasteiger partial charge in [0, 0.05) is 6.54 Å². The normalized spacial score (nSPS) is 10.5. The Morgan fingerprint density at radius 3 is 2.83 bits per heavy atom. The average molecular weight is 337 g/mol. The van der Waals surface area contributed by atoms with Crippen LogP contribution >= 0.6 is 11.6 Å². The third kappa shape index (κ3) is 4.29. The highest BCUT2D eigenvalue weighted by Crippen LogP contribution is 2.18. The standard InChI is InChI=1S/C15H17ClN4O3/c1-2-3-4-7-17-14(22)11-8-10(5-6-12(11)16)20-15(23)19-13(21)9-18-20/h5-6,8-9H,2-4,7H2,1H3,(H,17,22)(H,19,21,23). The second-order valence-electron chi connectivity index (χ2n) is 4.98. The first-order valence-corrected chi connectivity index (χ1v) is 7.67. The van der Waals surface area contributed by atoms with Gasteiger partial charge in [-0.25, -0.2) is 4.79 Å². The van der Waals surface area contributed by atoms with Crippen molar-refractivity contribution in [2.75, 3.05) is 6.54 Å². The van der Waals surface area contributed by atoms with Gasteiger partial charge in [-0.3, -0.25) is 14.6 Å². The largest absolute Gasteiger partial charge is 0.352 e. The zero-order chi connectivity index (χ0) is 16.8. The molecular formula is C15H17ClN4O3. The minimum atomic E-state index is -0.686. The van der Waals surface area contributed by atoms with Crippen LogP contribution in [0, 0.1) is 0 Å². The first-order chi connectivity index (χ1) is 11.0. The first kappa shape index (κ1) is 17.0. The van der Waals surface area contributed by atoms with Gasteiger partial charge in [-0.1, -0.05) is 31.4 Å². The van der Waals surface area contributed by atoms with Gasteiger partial charge in [0.15, 0.2) is 0 Å². The number of nitrogens with one attached hydrogen (secondary N) is 2. The number of carbonyl (C=O) groups excluding carboxylic acids is 1. The smallest absolute Gasteiger partial charge is 0.349 e. The van der Waals surface area contributed by atoms with Crippen LogP contribution in [-0.2, 0) is 0 Å². The molecule has 0 aliphatic carbocycles. The van der Waals surface area contributed by atoms with Crippen LogP contribution in [0.4, 0.5) is 0 Å².